The van der Waals surface area contributed by atoms with Crippen LogP contribution < -0.4 is 0 Å². The zero-order valence-corrected chi connectivity index (χ0v) is 26.3. The fourth-order valence-electron chi connectivity index (χ4n) is 6.39. The van der Waals surface area contributed by atoms with Gasteiger partial charge in [0.25, 0.3) is 0 Å². The number of esters is 1. The molecule has 1 fully saturated rings. The molecule has 0 saturated carbocycles. The van der Waals surface area contributed by atoms with E-state index in [0.29, 0.717) is 0 Å². The number of aliphatic hydroxyl groups excluding tert-OH is 2. The fraction of sp³-hybridized carbons (Fsp3) is 0.914. The Balaban J connectivity index is 1.35. The molecule has 0 bridgehead atoms. The van der Waals surface area contributed by atoms with E-state index < -0.39 is 0 Å². The van der Waals surface area contributed by atoms with E-state index in [2.05, 4.69) is 6.92 Å². The second kappa shape index (κ2) is 22.7. The number of hydrogen-bond donors (Lipinski definition) is 2. The Morgan fingerprint density at radius 1 is 0.675 bits per heavy atom. The van der Waals surface area contributed by atoms with E-state index in [1.54, 1.807) is 6.08 Å². The Kier molecular flexibility index (Phi) is 20.0. The van der Waals surface area contributed by atoms with E-state index in [9.17, 15) is 15.0 Å². The van der Waals surface area contributed by atoms with Gasteiger partial charge in [-0.1, -0.05) is 129 Å². The van der Waals surface area contributed by atoms with Crippen LogP contribution in [0.2, 0.25) is 0 Å². The molecular formula is C35H64O5. The Labute approximate surface area is 246 Å². The average Bonchev–Trinajstić information content (AvgIpc) is 3.56. The number of carbonyl (C=O) groups excluding carboxylic acids is 1. The molecule has 1 saturated heterocycles. The second-order valence-corrected chi connectivity index (χ2v) is 12.8. The zero-order valence-electron chi connectivity index (χ0n) is 26.3. The Morgan fingerprint density at radius 3 is 1.48 bits per heavy atom. The molecule has 5 atom stereocenters. The molecule has 2 aliphatic rings. The number of hydrogen-bond acceptors (Lipinski definition) is 5. The van der Waals surface area contributed by atoms with Gasteiger partial charge < -0.3 is 19.7 Å². The first-order chi connectivity index (χ1) is 19.5. The molecular weight excluding hydrogens is 500 g/mol. The largest absolute Gasteiger partial charge is 0.455 e. The van der Waals surface area contributed by atoms with Crippen LogP contribution in [0.15, 0.2) is 11.6 Å². The van der Waals surface area contributed by atoms with Gasteiger partial charge in [0.05, 0.1) is 24.4 Å². The van der Waals surface area contributed by atoms with Crippen molar-refractivity contribution in [2.45, 2.75) is 205 Å². The highest BCUT2D eigenvalue weighted by atomic mass is 16.5. The number of rotatable bonds is 26. The highest BCUT2D eigenvalue weighted by Crippen LogP contribution is 2.28. The standard InChI is InChI=1S/C35H64O5/c1-3-4-5-6-7-8-12-15-18-21-24-31(36)33-26-27-34(40-33)32(37)25-22-19-16-13-10-9-11-14-17-20-23-30-28-35(38)39-29(30)2/h28-29,31-34,36-37H,3-27H2,1-2H3/t29-,31-,32+,33-,34+/m0/s1. The summed E-state index contributed by atoms with van der Waals surface area (Å²) in [7, 11) is 0. The predicted octanol–water partition coefficient (Wildman–Crippen LogP) is 9.12. The highest BCUT2D eigenvalue weighted by Gasteiger charge is 2.34. The summed E-state index contributed by atoms with van der Waals surface area (Å²) in [5.74, 6) is -0.178. The van der Waals surface area contributed by atoms with Gasteiger partial charge in [-0.15, -0.1) is 0 Å². The molecule has 0 aliphatic carbocycles. The molecule has 40 heavy (non-hydrogen) atoms. The number of aliphatic hydroxyl groups is 2. The molecule has 0 spiro atoms. The number of ether oxygens (including phenoxy) is 2. The lowest BCUT2D eigenvalue weighted by Crippen LogP contribution is -2.31. The summed E-state index contributed by atoms with van der Waals surface area (Å²) in [6.07, 6.45) is 30.6. The van der Waals surface area contributed by atoms with Crippen LogP contribution in [-0.4, -0.2) is 46.7 Å². The van der Waals surface area contributed by atoms with Crippen molar-refractivity contribution in [3.8, 4) is 0 Å². The minimum Gasteiger partial charge on any atom is -0.455 e. The number of carbonyl (C=O) groups is 1. The average molecular weight is 565 g/mol. The first-order valence-electron chi connectivity index (χ1n) is 17.4. The number of unbranched alkanes of at least 4 members (excludes halogenated alkanes) is 18. The van der Waals surface area contributed by atoms with Crippen molar-refractivity contribution in [2.24, 2.45) is 0 Å². The molecule has 2 aliphatic heterocycles. The van der Waals surface area contributed by atoms with E-state index in [1.807, 2.05) is 6.92 Å². The molecule has 0 amide bonds. The van der Waals surface area contributed by atoms with E-state index in [1.165, 1.54) is 109 Å². The van der Waals surface area contributed by atoms with Gasteiger partial charge in [0.1, 0.15) is 6.10 Å². The Morgan fingerprint density at radius 2 is 1.07 bits per heavy atom. The molecule has 234 valence electrons. The molecule has 0 unspecified atom stereocenters. The highest BCUT2D eigenvalue weighted by molar-refractivity contribution is 5.85. The van der Waals surface area contributed by atoms with Gasteiger partial charge in [-0.2, -0.15) is 0 Å². The molecule has 5 nitrogen and oxygen atoms in total. The molecule has 0 aromatic rings. The minimum absolute atomic E-state index is 0.0202. The fourth-order valence-corrected chi connectivity index (χ4v) is 6.39. The molecule has 2 heterocycles. The van der Waals surface area contributed by atoms with Crippen molar-refractivity contribution in [1.82, 2.24) is 0 Å². The molecule has 0 aromatic carbocycles. The molecule has 5 heteroatoms. The van der Waals surface area contributed by atoms with Crippen molar-refractivity contribution in [3.63, 3.8) is 0 Å². The van der Waals surface area contributed by atoms with Crippen molar-refractivity contribution in [1.29, 1.82) is 0 Å². The summed E-state index contributed by atoms with van der Waals surface area (Å²) < 4.78 is 11.2. The van der Waals surface area contributed by atoms with Crippen molar-refractivity contribution >= 4 is 5.97 Å². The summed E-state index contributed by atoms with van der Waals surface area (Å²) in [5.41, 5.74) is 1.16. The quantitative estimate of drug-likeness (QED) is 0.0809. The third-order valence-electron chi connectivity index (χ3n) is 9.13. The second-order valence-electron chi connectivity index (χ2n) is 12.8. The summed E-state index contributed by atoms with van der Waals surface area (Å²) >= 11 is 0. The third-order valence-corrected chi connectivity index (χ3v) is 9.13. The summed E-state index contributed by atoms with van der Waals surface area (Å²) in [4.78, 5) is 11.2. The van der Waals surface area contributed by atoms with Crippen LogP contribution in [0.1, 0.15) is 174 Å². The predicted molar refractivity (Wildman–Crippen MR) is 165 cm³/mol. The van der Waals surface area contributed by atoms with Gasteiger partial charge in [-0.25, -0.2) is 4.79 Å². The maximum absolute atomic E-state index is 11.2. The van der Waals surface area contributed by atoms with Gasteiger partial charge in [0.15, 0.2) is 0 Å². The minimum atomic E-state index is -0.387. The van der Waals surface area contributed by atoms with Crippen LogP contribution in [0.4, 0.5) is 0 Å². The topological polar surface area (TPSA) is 76.0 Å². The van der Waals surface area contributed by atoms with E-state index in [0.717, 1.165) is 56.9 Å². The van der Waals surface area contributed by atoms with Crippen LogP contribution in [0.25, 0.3) is 0 Å². The Bertz CT molecular complexity index is 662. The van der Waals surface area contributed by atoms with Crippen molar-refractivity contribution < 1.29 is 24.5 Å². The zero-order chi connectivity index (χ0) is 28.8. The normalized spacial score (nSPS) is 22.4. The molecule has 0 aromatic heterocycles. The van der Waals surface area contributed by atoms with Gasteiger partial charge in [0.2, 0.25) is 0 Å². The maximum Gasteiger partial charge on any atom is 0.331 e. The maximum atomic E-state index is 11.2. The summed E-state index contributed by atoms with van der Waals surface area (Å²) in [5, 5.41) is 21.2. The summed E-state index contributed by atoms with van der Waals surface area (Å²) in [6, 6.07) is 0. The third kappa shape index (κ3) is 15.9. The van der Waals surface area contributed by atoms with Crippen molar-refractivity contribution in [2.75, 3.05) is 0 Å². The van der Waals surface area contributed by atoms with E-state index in [-0.39, 0.29) is 36.5 Å². The Hall–Kier alpha value is -0.910. The van der Waals surface area contributed by atoms with Crippen LogP contribution in [0.5, 0.6) is 0 Å². The first kappa shape index (κ1) is 35.3. The van der Waals surface area contributed by atoms with Crippen LogP contribution in [-0.2, 0) is 14.3 Å². The van der Waals surface area contributed by atoms with E-state index >= 15 is 0 Å². The van der Waals surface area contributed by atoms with Crippen LogP contribution in [0, 0.1) is 0 Å². The van der Waals surface area contributed by atoms with Gasteiger partial charge in [-0.05, 0) is 51.0 Å². The smallest absolute Gasteiger partial charge is 0.331 e. The first-order valence-corrected chi connectivity index (χ1v) is 17.4. The lowest BCUT2D eigenvalue weighted by molar-refractivity contribution is -0.138. The molecule has 2 N–H and O–H groups in total. The van der Waals surface area contributed by atoms with Gasteiger partial charge in [0, 0.05) is 6.08 Å². The van der Waals surface area contributed by atoms with Gasteiger partial charge in [-0.3, -0.25) is 0 Å². The van der Waals surface area contributed by atoms with E-state index in [4.69, 9.17) is 9.47 Å². The molecule has 0 radical (unpaired) electrons. The summed E-state index contributed by atoms with van der Waals surface area (Å²) in [6.45, 7) is 4.23. The van der Waals surface area contributed by atoms with Crippen LogP contribution in [0.3, 0.4) is 0 Å². The van der Waals surface area contributed by atoms with Gasteiger partial charge >= 0.3 is 5.97 Å². The monoisotopic (exact) mass is 564 g/mol. The van der Waals surface area contributed by atoms with Crippen LogP contribution >= 0.6 is 0 Å². The molecule has 2 rings (SSSR count). The lowest BCUT2D eigenvalue weighted by Gasteiger charge is -2.22. The number of cyclic esters (lactones) is 1. The lowest BCUT2D eigenvalue weighted by atomic mass is 10.00. The SMILES string of the molecule is CCCCCCCCCCCC[C@H](O)[C@@H]1CC[C@H]([C@H](O)CCCCCCCCCCCCC2=CC(=O)O[C@H]2C)O1. The van der Waals surface area contributed by atoms with Crippen molar-refractivity contribution in [3.05, 3.63) is 11.6 Å².